The number of benzene rings is 1. The Bertz CT molecular complexity index is 448. The highest BCUT2D eigenvalue weighted by Gasteiger charge is 2.34. The molecule has 2 atom stereocenters. The zero-order valence-corrected chi connectivity index (χ0v) is 12.4. The number of piperidine rings is 1. The summed E-state index contributed by atoms with van der Waals surface area (Å²) in [5.41, 5.74) is 0.880. The van der Waals surface area contributed by atoms with Gasteiger partial charge in [0.25, 0.3) is 0 Å². The Labute approximate surface area is 122 Å². The van der Waals surface area contributed by atoms with Crippen LogP contribution >= 0.6 is 15.9 Å². The first-order valence-electron chi connectivity index (χ1n) is 7.00. The molecule has 0 aromatic heterocycles. The first-order valence-corrected chi connectivity index (χ1v) is 7.80. The molecule has 0 spiro atoms. The molecule has 1 aromatic rings. The number of halogens is 1. The van der Waals surface area contributed by atoms with Crippen LogP contribution in [0.4, 0.5) is 5.69 Å². The zero-order valence-electron chi connectivity index (χ0n) is 10.9. The molecule has 2 N–H and O–H groups in total. The minimum atomic E-state index is 0.147. The topological polar surface area (TPSA) is 41.1 Å². The van der Waals surface area contributed by atoms with Crippen molar-refractivity contribution in [2.45, 2.75) is 44.2 Å². The van der Waals surface area contributed by atoms with Crippen molar-refractivity contribution in [2.24, 2.45) is 5.92 Å². The molecule has 0 saturated carbocycles. The third-order valence-electron chi connectivity index (χ3n) is 4.17. The summed E-state index contributed by atoms with van der Waals surface area (Å²) >= 11 is 3.39. The summed E-state index contributed by atoms with van der Waals surface area (Å²) in [6.45, 7) is 0. The van der Waals surface area contributed by atoms with Gasteiger partial charge in [-0.05, 0) is 55.9 Å². The van der Waals surface area contributed by atoms with Gasteiger partial charge in [-0.2, -0.15) is 0 Å². The van der Waals surface area contributed by atoms with E-state index in [-0.39, 0.29) is 5.91 Å². The smallest absolute Gasteiger partial charge is 0.224 e. The molecule has 2 heterocycles. The number of carbonyl (C=O) groups excluding carboxylic acids is 1. The number of nitrogens with one attached hydrogen (secondary N) is 2. The van der Waals surface area contributed by atoms with E-state index in [2.05, 4.69) is 26.6 Å². The quantitative estimate of drug-likeness (QED) is 0.896. The third-order valence-corrected chi connectivity index (χ3v) is 4.70. The molecule has 2 saturated heterocycles. The molecule has 3 nitrogen and oxygen atoms in total. The average molecular weight is 323 g/mol. The molecule has 1 amide bonds. The molecular weight excluding hydrogens is 304 g/mol. The molecule has 19 heavy (non-hydrogen) atoms. The van der Waals surface area contributed by atoms with Gasteiger partial charge in [-0.15, -0.1) is 0 Å². The van der Waals surface area contributed by atoms with Gasteiger partial charge in [-0.3, -0.25) is 4.79 Å². The molecule has 102 valence electrons. The van der Waals surface area contributed by atoms with E-state index < -0.39 is 0 Å². The second kappa shape index (κ2) is 5.63. The summed E-state index contributed by atoms with van der Waals surface area (Å²) in [6, 6.07) is 9.05. The van der Waals surface area contributed by atoms with Crippen LogP contribution < -0.4 is 10.6 Å². The Hall–Kier alpha value is -0.870. The van der Waals surface area contributed by atoms with Gasteiger partial charge in [0.1, 0.15) is 0 Å². The minimum Gasteiger partial charge on any atom is -0.326 e. The van der Waals surface area contributed by atoms with E-state index in [1.54, 1.807) is 0 Å². The molecule has 4 heteroatoms. The SMILES string of the molecule is O=C(CC1CC2CCC(C1)N2)Nc1ccc(Br)cc1. The van der Waals surface area contributed by atoms with Gasteiger partial charge in [-0.1, -0.05) is 15.9 Å². The van der Waals surface area contributed by atoms with Crippen molar-refractivity contribution in [3.8, 4) is 0 Å². The van der Waals surface area contributed by atoms with E-state index in [0.29, 0.717) is 24.4 Å². The Kier molecular flexibility index (Phi) is 3.89. The number of carbonyl (C=O) groups is 1. The predicted molar refractivity (Wildman–Crippen MR) is 80.1 cm³/mol. The number of hydrogen-bond acceptors (Lipinski definition) is 2. The fraction of sp³-hybridized carbons (Fsp3) is 0.533. The Morgan fingerprint density at radius 3 is 2.47 bits per heavy atom. The highest BCUT2D eigenvalue weighted by Crippen LogP contribution is 2.32. The van der Waals surface area contributed by atoms with Crippen molar-refractivity contribution in [2.75, 3.05) is 5.32 Å². The molecule has 1 aromatic carbocycles. The van der Waals surface area contributed by atoms with E-state index in [0.717, 1.165) is 23.0 Å². The van der Waals surface area contributed by atoms with Crippen molar-refractivity contribution in [3.05, 3.63) is 28.7 Å². The number of fused-ring (bicyclic) bond motifs is 2. The Balaban J connectivity index is 1.52. The van der Waals surface area contributed by atoms with Crippen LogP contribution in [0, 0.1) is 5.92 Å². The summed E-state index contributed by atoms with van der Waals surface area (Å²) < 4.78 is 1.03. The third kappa shape index (κ3) is 3.37. The lowest BCUT2D eigenvalue weighted by molar-refractivity contribution is -0.117. The fourth-order valence-electron chi connectivity index (χ4n) is 3.35. The van der Waals surface area contributed by atoms with Gasteiger partial charge in [-0.25, -0.2) is 0 Å². The molecule has 3 rings (SSSR count). The maximum absolute atomic E-state index is 12.1. The van der Waals surface area contributed by atoms with E-state index in [1.807, 2.05) is 24.3 Å². The standard InChI is InChI=1S/C15H19BrN2O/c16-11-1-3-12(4-2-11)18-15(19)9-10-7-13-5-6-14(8-10)17-13/h1-4,10,13-14,17H,5-9H2,(H,18,19). The summed E-state index contributed by atoms with van der Waals surface area (Å²) in [5, 5.41) is 6.60. The van der Waals surface area contributed by atoms with E-state index in [9.17, 15) is 4.79 Å². The number of hydrogen-bond donors (Lipinski definition) is 2. The van der Waals surface area contributed by atoms with E-state index >= 15 is 0 Å². The summed E-state index contributed by atoms with van der Waals surface area (Å²) in [5.74, 6) is 0.697. The van der Waals surface area contributed by atoms with Crippen LogP contribution in [0.25, 0.3) is 0 Å². The zero-order chi connectivity index (χ0) is 13.2. The second-order valence-corrected chi connectivity index (χ2v) is 6.65. The molecule has 2 bridgehead atoms. The van der Waals surface area contributed by atoms with Crippen molar-refractivity contribution < 1.29 is 4.79 Å². The van der Waals surface area contributed by atoms with Crippen LogP contribution in [0.5, 0.6) is 0 Å². The maximum Gasteiger partial charge on any atom is 0.224 e. The van der Waals surface area contributed by atoms with Gasteiger partial charge in [0.15, 0.2) is 0 Å². The maximum atomic E-state index is 12.1. The number of rotatable bonds is 3. The van der Waals surface area contributed by atoms with E-state index in [4.69, 9.17) is 0 Å². The van der Waals surface area contributed by atoms with Crippen LogP contribution in [-0.4, -0.2) is 18.0 Å². The fourth-order valence-corrected chi connectivity index (χ4v) is 3.61. The average Bonchev–Trinajstić information content (AvgIpc) is 2.72. The largest absolute Gasteiger partial charge is 0.326 e. The van der Waals surface area contributed by atoms with Gasteiger partial charge >= 0.3 is 0 Å². The molecule has 2 fully saturated rings. The summed E-state index contributed by atoms with van der Waals surface area (Å²) in [7, 11) is 0. The van der Waals surface area contributed by atoms with Gasteiger partial charge in [0, 0.05) is 28.7 Å². The number of amides is 1. The van der Waals surface area contributed by atoms with Crippen molar-refractivity contribution in [3.63, 3.8) is 0 Å². The molecule has 2 unspecified atom stereocenters. The van der Waals surface area contributed by atoms with Crippen LogP contribution in [-0.2, 0) is 4.79 Å². The normalized spacial score (nSPS) is 29.2. The van der Waals surface area contributed by atoms with Gasteiger partial charge in [0.05, 0.1) is 0 Å². The number of anilines is 1. The van der Waals surface area contributed by atoms with Crippen LogP contribution in [0.1, 0.15) is 32.1 Å². The lowest BCUT2D eigenvalue weighted by atomic mass is 9.89. The summed E-state index contributed by atoms with van der Waals surface area (Å²) in [4.78, 5) is 12.1. The molecule has 0 aliphatic carbocycles. The van der Waals surface area contributed by atoms with Crippen molar-refractivity contribution >= 4 is 27.5 Å². The predicted octanol–water partition coefficient (Wildman–Crippen LogP) is 3.31. The first-order chi connectivity index (χ1) is 9.19. The lowest BCUT2D eigenvalue weighted by Gasteiger charge is -2.28. The van der Waals surface area contributed by atoms with Crippen molar-refractivity contribution in [1.29, 1.82) is 0 Å². The molecule has 0 radical (unpaired) electrons. The minimum absolute atomic E-state index is 0.147. The molecule has 2 aliphatic rings. The lowest BCUT2D eigenvalue weighted by Crippen LogP contribution is -2.39. The van der Waals surface area contributed by atoms with Crippen LogP contribution in [0.3, 0.4) is 0 Å². The van der Waals surface area contributed by atoms with Crippen molar-refractivity contribution in [1.82, 2.24) is 5.32 Å². The second-order valence-electron chi connectivity index (χ2n) is 5.73. The highest BCUT2D eigenvalue weighted by atomic mass is 79.9. The first kappa shape index (κ1) is 13.1. The molecule has 2 aliphatic heterocycles. The van der Waals surface area contributed by atoms with Gasteiger partial charge < -0.3 is 10.6 Å². The Morgan fingerprint density at radius 2 is 1.84 bits per heavy atom. The van der Waals surface area contributed by atoms with E-state index in [1.165, 1.54) is 12.8 Å². The highest BCUT2D eigenvalue weighted by molar-refractivity contribution is 9.10. The monoisotopic (exact) mass is 322 g/mol. The van der Waals surface area contributed by atoms with Crippen LogP contribution in [0.15, 0.2) is 28.7 Å². The van der Waals surface area contributed by atoms with Crippen LogP contribution in [0.2, 0.25) is 0 Å². The Morgan fingerprint density at radius 1 is 1.21 bits per heavy atom. The summed E-state index contributed by atoms with van der Waals surface area (Å²) in [6.07, 6.45) is 5.55. The van der Waals surface area contributed by atoms with Gasteiger partial charge in [0.2, 0.25) is 5.91 Å². The molecular formula is C15H19BrN2O.